The van der Waals surface area contributed by atoms with Gasteiger partial charge in [0, 0.05) is 22.5 Å². The summed E-state index contributed by atoms with van der Waals surface area (Å²) in [5.41, 5.74) is 21.1. The summed E-state index contributed by atoms with van der Waals surface area (Å²) in [5.74, 6) is 0. The second-order valence-corrected chi connectivity index (χ2v) is 16.8. The van der Waals surface area contributed by atoms with Gasteiger partial charge in [-0.1, -0.05) is 190 Å². The molecule has 0 bridgehead atoms. The lowest BCUT2D eigenvalue weighted by Gasteiger charge is -2.30. The second-order valence-electron chi connectivity index (χ2n) is 16.8. The van der Waals surface area contributed by atoms with Crippen LogP contribution in [0.3, 0.4) is 0 Å². The van der Waals surface area contributed by atoms with Gasteiger partial charge in [-0.3, -0.25) is 0 Å². The Balaban J connectivity index is 1.16. The van der Waals surface area contributed by atoms with E-state index in [0.717, 1.165) is 29.9 Å². The Labute approximate surface area is 353 Å². The van der Waals surface area contributed by atoms with Crippen LogP contribution in [0.4, 0.5) is 17.1 Å². The van der Waals surface area contributed by atoms with E-state index in [1.807, 2.05) is 0 Å². The molecule has 1 nitrogen and oxygen atoms in total. The summed E-state index contributed by atoms with van der Waals surface area (Å²) in [6, 6.07) is 74.2. The Hall–Kier alpha value is -7.22. The molecule has 1 heteroatoms. The fourth-order valence-corrected chi connectivity index (χ4v) is 9.97. The average Bonchev–Trinajstić information content (AvgIpc) is 3.54. The fourth-order valence-electron chi connectivity index (χ4n) is 9.97. The Kier molecular flexibility index (Phi) is 8.71. The highest BCUT2D eigenvalue weighted by Crippen LogP contribution is 2.52. The molecule has 0 heterocycles. The second kappa shape index (κ2) is 14.6. The van der Waals surface area contributed by atoms with Gasteiger partial charge in [-0.15, -0.1) is 0 Å². The van der Waals surface area contributed by atoms with E-state index in [9.17, 15) is 0 Å². The largest absolute Gasteiger partial charge is 0.310 e. The summed E-state index contributed by atoms with van der Waals surface area (Å²) >= 11 is 0. The lowest BCUT2D eigenvalue weighted by atomic mass is 9.82. The van der Waals surface area contributed by atoms with Gasteiger partial charge in [0.05, 0.1) is 0 Å². The van der Waals surface area contributed by atoms with E-state index in [1.54, 1.807) is 0 Å². The molecule has 0 fully saturated rings. The molecular weight excluding hydrogens is 723 g/mol. The molecule has 11 rings (SSSR count). The summed E-state index contributed by atoms with van der Waals surface area (Å²) in [4.78, 5) is 2.48. The first-order chi connectivity index (χ1) is 29.5. The maximum Gasteiger partial charge on any atom is 0.0468 e. The highest BCUT2D eigenvalue weighted by atomic mass is 15.1. The van der Waals surface area contributed by atoms with Crippen molar-refractivity contribution < 1.29 is 0 Å². The van der Waals surface area contributed by atoms with Crippen LogP contribution in [0.1, 0.15) is 42.5 Å². The van der Waals surface area contributed by atoms with E-state index >= 15 is 0 Å². The zero-order chi connectivity index (χ0) is 40.2. The van der Waals surface area contributed by atoms with Crippen molar-refractivity contribution in [2.45, 2.75) is 32.1 Å². The molecule has 0 saturated carbocycles. The van der Waals surface area contributed by atoms with Gasteiger partial charge in [0.2, 0.25) is 0 Å². The number of anilines is 3. The van der Waals surface area contributed by atoms with Crippen molar-refractivity contribution in [1.29, 1.82) is 0 Å². The lowest BCUT2D eigenvalue weighted by molar-refractivity contribution is 0.660. The van der Waals surface area contributed by atoms with Gasteiger partial charge in [-0.2, -0.15) is 0 Å². The fraction of sp³-hybridized carbons (Fsp3) is 0.0847. The topological polar surface area (TPSA) is 3.24 Å². The van der Waals surface area contributed by atoms with Crippen molar-refractivity contribution in [2.75, 3.05) is 4.90 Å². The van der Waals surface area contributed by atoms with Gasteiger partial charge < -0.3 is 4.90 Å². The van der Waals surface area contributed by atoms with Crippen molar-refractivity contribution in [1.82, 2.24) is 0 Å². The molecule has 60 heavy (non-hydrogen) atoms. The van der Waals surface area contributed by atoms with Gasteiger partial charge in [-0.25, -0.2) is 0 Å². The maximum absolute atomic E-state index is 2.48. The normalized spacial score (nSPS) is 13.4. The zero-order valence-electron chi connectivity index (χ0n) is 34.1. The Morgan fingerprint density at radius 1 is 0.400 bits per heavy atom. The number of fused-ring (bicyclic) bond motifs is 5. The molecule has 0 N–H and O–H groups in total. The van der Waals surface area contributed by atoms with Crippen LogP contribution in [-0.4, -0.2) is 0 Å². The minimum atomic E-state index is -0.139. The molecule has 0 spiro atoms. The molecule has 286 valence electrons. The van der Waals surface area contributed by atoms with E-state index in [1.165, 1.54) is 88.7 Å². The van der Waals surface area contributed by atoms with Crippen LogP contribution >= 0.6 is 0 Å². The molecule has 0 atom stereocenters. The molecule has 9 aromatic rings. The quantitative estimate of drug-likeness (QED) is 0.156. The van der Waals surface area contributed by atoms with E-state index < -0.39 is 0 Å². The predicted molar refractivity (Wildman–Crippen MR) is 255 cm³/mol. The van der Waals surface area contributed by atoms with Crippen molar-refractivity contribution in [3.63, 3.8) is 0 Å². The van der Waals surface area contributed by atoms with Crippen molar-refractivity contribution >= 4 is 33.9 Å². The SMILES string of the molecule is CC1(C)c2ccccc2-c2ccc(N(c3ccc(-c4cccc5c4C=CCC5)c(-c4ccccc4)c3)c3ccc(-c4cccc5ccccc45)c(-c4ccccc4)c3)cc21. The van der Waals surface area contributed by atoms with Crippen LogP contribution in [0, 0.1) is 0 Å². The standard InChI is InChI=1S/C59H45N/c1-59(2)57-30-14-13-27-53(57)54-36-33-46(39-58(54)59)60(44-31-34-51(55(37-44)42-17-5-3-6-18-42)49-28-15-23-40-21-9-11-25-47(40)49)45-32-35-52(56(38-45)43-19-7-4-8-20-43)50-29-16-24-41-22-10-12-26-48(41)50/h3-9,11-21,23-39H,10,22H2,1-2H3. The number of hydrogen-bond acceptors (Lipinski definition) is 1. The lowest BCUT2D eigenvalue weighted by Crippen LogP contribution is -2.16. The molecule has 0 aliphatic heterocycles. The molecule has 0 radical (unpaired) electrons. The Morgan fingerprint density at radius 2 is 0.933 bits per heavy atom. The van der Waals surface area contributed by atoms with Gasteiger partial charge in [-0.05, 0) is 138 Å². The molecular formula is C59H45N. The summed E-state index contributed by atoms with van der Waals surface area (Å²) in [5, 5.41) is 2.49. The van der Waals surface area contributed by atoms with Crippen molar-refractivity contribution in [2.24, 2.45) is 0 Å². The highest BCUT2D eigenvalue weighted by Gasteiger charge is 2.36. The minimum Gasteiger partial charge on any atom is -0.310 e. The van der Waals surface area contributed by atoms with Crippen LogP contribution in [0.15, 0.2) is 206 Å². The monoisotopic (exact) mass is 767 g/mol. The van der Waals surface area contributed by atoms with E-state index in [2.05, 4.69) is 231 Å². The molecule has 0 amide bonds. The molecule has 0 unspecified atom stereocenters. The first kappa shape index (κ1) is 35.9. The van der Waals surface area contributed by atoms with Crippen molar-refractivity contribution in [3.05, 3.63) is 229 Å². The van der Waals surface area contributed by atoms with E-state index in [-0.39, 0.29) is 5.41 Å². The number of hydrogen-bond donors (Lipinski definition) is 0. The zero-order valence-corrected chi connectivity index (χ0v) is 34.1. The number of benzene rings is 9. The summed E-state index contributed by atoms with van der Waals surface area (Å²) in [6.07, 6.45) is 6.81. The maximum atomic E-state index is 2.48. The third-order valence-electron chi connectivity index (χ3n) is 12.9. The molecule has 0 saturated heterocycles. The van der Waals surface area contributed by atoms with Gasteiger partial charge in [0.25, 0.3) is 0 Å². The van der Waals surface area contributed by atoms with Gasteiger partial charge in [0.1, 0.15) is 0 Å². The summed E-state index contributed by atoms with van der Waals surface area (Å²) in [7, 11) is 0. The van der Waals surface area contributed by atoms with Crippen molar-refractivity contribution in [3.8, 4) is 55.6 Å². The average molecular weight is 768 g/mol. The van der Waals surface area contributed by atoms with Gasteiger partial charge in [0.15, 0.2) is 0 Å². The predicted octanol–water partition coefficient (Wildman–Crippen LogP) is 16.2. The third kappa shape index (κ3) is 6.00. The van der Waals surface area contributed by atoms with E-state index in [0.29, 0.717) is 0 Å². The van der Waals surface area contributed by atoms with Gasteiger partial charge >= 0.3 is 0 Å². The Bertz CT molecular complexity index is 3110. The smallest absolute Gasteiger partial charge is 0.0468 e. The van der Waals surface area contributed by atoms with Crippen LogP contribution in [0.25, 0.3) is 72.5 Å². The summed E-state index contributed by atoms with van der Waals surface area (Å²) in [6.45, 7) is 4.74. The highest BCUT2D eigenvalue weighted by molar-refractivity contribution is 6.02. The van der Waals surface area contributed by atoms with Crippen LogP contribution < -0.4 is 4.90 Å². The summed E-state index contributed by atoms with van der Waals surface area (Å²) < 4.78 is 0. The molecule has 9 aromatic carbocycles. The third-order valence-corrected chi connectivity index (χ3v) is 12.9. The van der Waals surface area contributed by atoms with Crippen LogP contribution in [0.2, 0.25) is 0 Å². The number of aryl methyl sites for hydroxylation is 1. The molecule has 0 aromatic heterocycles. The molecule has 2 aliphatic carbocycles. The number of allylic oxidation sites excluding steroid dienone is 1. The van der Waals surface area contributed by atoms with E-state index in [4.69, 9.17) is 0 Å². The first-order valence-electron chi connectivity index (χ1n) is 21.2. The number of nitrogens with zero attached hydrogens (tertiary/aromatic N) is 1. The minimum absolute atomic E-state index is 0.139. The molecule has 2 aliphatic rings. The Morgan fingerprint density at radius 3 is 1.67 bits per heavy atom. The van der Waals surface area contributed by atoms with Crippen LogP contribution in [0.5, 0.6) is 0 Å². The number of rotatable bonds is 7. The van der Waals surface area contributed by atoms with Crippen LogP contribution in [-0.2, 0) is 11.8 Å². The first-order valence-corrected chi connectivity index (χ1v) is 21.2.